The minimum absolute atomic E-state index is 0.281. The number of aromatic amines is 1. The van der Waals surface area contributed by atoms with Crippen LogP contribution in [-0.2, 0) is 6.54 Å². The standard InChI is InChI=1S/C15H14F2N8O/c1-18-15-21-12-11(14(22-15)26-2)7(5-19-12)8-3-4-9-13(20-8)25(24-23-9)6-10(16)17/h3-5,10H,6H2,1-2H3,(H2,18,19,21,22). The van der Waals surface area contributed by atoms with E-state index in [0.29, 0.717) is 39.6 Å². The normalized spacial score (nSPS) is 11.6. The molecule has 0 amide bonds. The van der Waals surface area contributed by atoms with Gasteiger partial charge in [-0.2, -0.15) is 9.97 Å². The number of nitrogens with one attached hydrogen (secondary N) is 2. The number of hydrogen-bond donors (Lipinski definition) is 2. The molecule has 2 N–H and O–H groups in total. The molecule has 134 valence electrons. The molecule has 0 unspecified atom stereocenters. The Morgan fingerprint density at radius 2 is 2.12 bits per heavy atom. The Balaban J connectivity index is 1.89. The number of halogens is 2. The molecular formula is C15H14F2N8O. The fourth-order valence-electron chi connectivity index (χ4n) is 2.72. The van der Waals surface area contributed by atoms with Crippen molar-refractivity contribution >= 4 is 28.1 Å². The summed E-state index contributed by atoms with van der Waals surface area (Å²) in [7, 11) is 3.22. The predicted molar refractivity (Wildman–Crippen MR) is 90.3 cm³/mol. The SMILES string of the molecule is CNc1nc(OC)c2c(-c3ccc4nnn(CC(F)F)c4n3)c[nH]c2n1. The van der Waals surface area contributed by atoms with E-state index in [1.54, 1.807) is 25.4 Å². The largest absolute Gasteiger partial charge is 0.480 e. The van der Waals surface area contributed by atoms with E-state index in [0.717, 1.165) is 4.68 Å². The van der Waals surface area contributed by atoms with Gasteiger partial charge in [-0.3, -0.25) is 0 Å². The lowest BCUT2D eigenvalue weighted by atomic mass is 10.1. The second-order valence-electron chi connectivity index (χ2n) is 5.43. The molecule has 26 heavy (non-hydrogen) atoms. The average Bonchev–Trinajstić information content (AvgIpc) is 3.24. The summed E-state index contributed by atoms with van der Waals surface area (Å²) in [6.07, 6.45) is -0.830. The number of pyridine rings is 1. The van der Waals surface area contributed by atoms with Crippen LogP contribution < -0.4 is 10.1 Å². The Morgan fingerprint density at radius 1 is 1.27 bits per heavy atom. The Bertz CT molecular complexity index is 1090. The highest BCUT2D eigenvalue weighted by atomic mass is 19.3. The number of anilines is 1. The molecule has 0 spiro atoms. The monoisotopic (exact) mass is 360 g/mol. The van der Waals surface area contributed by atoms with Crippen LogP contribution >= 0.6 is 0 Å². The van der Waals surface area contributed by atoms with Crippen LogP contribution in [0.4, 0.5) is 14.7 Å². The van der Waals surface area contributed by atoms with Crippen molar-refractivity contribution in [1.82, 2.24) is 34.9 Å². The highest BCUT2D eigenvalue weighted by Gasteiger charge is 2.18. The van der Waals surface area contributed by atoms with Crippen molar-refractivity contribution in [2.24, 2.45) is 0 Å². The third-order valence-electron chi connectivity index (χ3n) is 3.86. The van der Waals surface area contributed by atoms with Gasteiger partial charge >= 0.3 is 0 Å². The van der Waals surface area contributed by atoms with E-state index in [2.05, 4.69) is 35.6 Å². The summed E-state index contributed by atoms with van der Waals surface area (Å²) in [5, 5.41) is 11.1. The van der Waals surface area contributed by atoms with Crippen molar-refractivity contribution in [2.75, 3.05) is 19.5 Å². The van der Waals surface area contributed by atoms with Crippen molar-refractivity contribution in [3.05, 3.63) is 18.3 Å². The number of ether oxygens (including phenoxy) is 1. The molecule has 4 rings (SSSR count). The van der Waals surface area contributed by atoms with Crippen LogP contribution in [0.5, 0.6) is 5.88 Å². The molecule has 0 saturated heterocycles. The molecule has 0 saturated carbocycles. The maximum atomic E-state index is 12.7. The number of nitrogens with zero attached hydrogens (tertiary/aromatic N) is 6. The van der Waals surface area contributed by atoms with Crippen LogP contribution in [-0.4, -0.2) is 55.5 Å². The molecule has 9 nitrogen and oxygen atoms in total. The summed E-state index contributed by atoms with van der Waals surface area (Å²) in [6.45, 7) is -0.571. The van der Waals surface area contributed by atoms with Gasteiger partial charge in [0.25, 0.3) is 6.43 Å². The maximum absolute atomic E-state index is 12.7. The van der Waals surface area contributed by atoms with Crippen LogP contribution in [0.25, 0.3) is 33.5 Å². The topological polar surface area (TPSA) is 106 Å². The summed E-state index contributed by atoms with van der Waals surface area (Å²) < 4.78 is 31.9. The van der Waals surface area contributed by atoms with E-state index in [1.807, 2.05) is 0 Å². The van der Waals surface area contributed by atoms with Gasteiger partial charge in [0, 0.05) is 18.8 Å². The molecular weight excluding hydrogens is 346 g/mol. The van der Waals surface area contributed by atoms with Gasteiger partial charge in [0.1, 0.15) is 17.7 Å². The van der Waals surface area contributed by atoms with Crippen LogP contribution in [0.1, 0.15) is 0 Å². The average molecular weight is 360 g/mol. The number of alkyl halides is 2. The lowest BCUT2D eigenvalue weighted by Gasteiger charge is -2.06. The number of aromatic nitrogens is 7. The molecule has 0 aliphatic rings. The Hall–Kier alpha value is -3.37. The molecule has 0 aliphatic heterocycles. The van der Waals surface area contributed by atoms with Crippen molar-refractivity contribution in [2.45, 2.75) is 13.0 Å². The number of methoxy groups -OCH3 is 1. The fourth-order valence-corrected chi connectivity index (χ4v) is 2.72. The van der Waals surface area contributed by atoms with E-state index in [-0.39, 0.29) is 5.65 Å². The third-order valence-corrected chi connectivity index (χ3v) is 3.86. The van der Waals surface area contributed by atoms with E-state index < -0.39 is 13.0 Å². The predicted octanol–water partition coefficient (Wildman–Crippen LogP) is 2.08. The first-order chi connectivity index (χ1) is 12.6. The van der Waals surface area contributed by atoms with Crippen LogP contribution in [0.3, 0.4) is 0 Å². The highest BCUT2D eigenvalue weighted by Crippen LogP contribution is 2.33. The molecule has 0 atom stereocenters. The van der Waals surface area contributed by atoms with Gasteiger partial charge in [0.05, 0.1) is 18.2 Å². The van der Waals surface area contributed by atoms with E-state index in [9.17, 15) is 8.78 Å². The lowest BCUT2D eigenvalue weighted by molar-refractivity contribution is 0.122. The van der Waals surface area contributed by atoms with Gasteiger partial charge in [-0.15, -0.1) is 5.10 Å². The van der Waals surface area contributed by atoms with E-state index in [1.165, 1.54) is 7.11 Å². The number of rotatable bonds is 5. The molecule has 0 bridgehead atoms. The van der Waals surface area contributed by atoms with Gasteiger partial charge in [-0.25, -0.2) is 18.4 Å². The third kappa shape index (κ3) is 2.57. The number of H-pyrrole nitrogens is 1. The van der Waals surface area contributed by atoms with Gasteiger partial charge in [-0.1, -0.05) is 5.21 Å². The smallest absolute Gasteiger partial charge is 0.258 e. The molecule has 0 radical (unpaired) electrons. The zero-order chi connectivity index (χ0) is 18.3. The molecule has 11 heteroatoms. The van der Waals surface area contributed by atoms with Gasteiger partial charge in [0.2, 0.25) is 11.8 Å². The van der Waals surface area contributed by atoms with Crippen molar-refractivity contribution in [3.63, 3.8) is 0 Å². The van der Waals surface area contributed by atoms with Crippen molar-refractivity contribution in [1.29, 1.82) is 0 Å². The minimum atomic E-state index is -2.55. The first-order valence-corrected chi connectivity index (χ1v) is 7.70. The Labute approximate surface area is 145 Å². The quantitative estimate of drug-likeness (QED) is 0.561. The summed E-state index contributed by atoms with van der Waals surface area (Å²) in [4.78, 5) is 16.1. The lowest BCUT2D eigenvalue weighted by Crippen LogP contribution is -2.08. The number of fused-ring (bicyclic) bond motifs is 2. The van der Waals surface area contributed by atoms with Gasteiger partial charge in [0.15, 0.2) is 5.65 Å². The minimum Gasteiger partial charge on any atom is -0.480 e. The second-order valence-corrected chi connectivity index (χ2v) is 5.43. The second kappa shape index (κ2) is 6.17. The van der Waals surface area contributed by atoms with Crippen LogP contribution in [0.2, 0.25) is 0 Å². The summed E-state index contributed by atoms with van der Waals surface area (Å²) in [5.74, 6) is 0.780. The van der Waals surface area contributed by atoms with Crippen LogP contribution in [0.15, 0.2) is 18.3 Å². The molecule has 0 aromatic carbocycles. The van der Waals surface area contributed by atoms with E-state index >= 15 is 0 Å². The first-order valence-electron chi connectivity index (χ1n) is 7.70. The van der Waals surface area contributed by atoms with Gasteiger partial charge in [-0.05, 0) is 12.1 Å². The molecule has 0 fully saturated rings. The number of hydrogen-bond acceptors (Lipinski definition) is 7. The first kappa shape index (κ1) is 16.1. The van der Waals surface area contributed by atoms with Crippen LogP contribution in [0, 0.1) is 0 Å². The molecule has 4 heterocycles. The zero-order valence-electron chi connectivity index (χ0n) is 13.9. The molecule has 4 aromatic heterocycles. The Morgan fingerprint density at radius 3 is 2.85 bits per heavy atom. The van der Waals surface area contributed by atoms with Gasteiger partial charge < -0.3 is 15.0 Å². The Kier molecular flexibility index (Phi) is 3.82. The van der Waals surface area contributed by atoms with E-state index in [4.69, 9.17) is 4.74 Å². The maximum Gasteiger partial charge on any atom is 0.258 e. The summed E-state index contributed by atoms with van der Waals surface area (Å²) in [5.41, 5.74) is 2.52. The van der Waals surface area contributed by atoms with Crippen molar-refractivity contribution < 1.29 is 13.5 Å². The fraction of sp³-hybridized carbons (Fsp3) is 0.267. The van der Waals surface area contributed by atoms with Crippen molar-refractivity contribution in [3.8, 4) is 17.1 Å². The zero-order valence-corrected chi connectivity index (χ0v) is 13.9. The molecule has 4 aromatic rings. The summed E-state index contributed by atoms with van der Waals surface area (Å²) >= 11 is 0. The molecule has 0 aliphatic carbocycles. The highest BCUT2D eigenvalue weighted by molar-refractivity contribution is 5.97. The summed E-state index contributed by atoms with van der Waals surface area (Å²) in [6, 6.07) is 3.42.